The number of hydrogen-bond acceptors (Lipinski definition) is 5. The Hall–Kier alpha value is -2.81. The molecule has 0 heterocycles. The molecule has 0 aliphatic heterocycles. The summed E-state index contributed by atoms with van der Waals surface area (Å²) in [5, 5.41) is 2.79. The lowest BCUT2D eigenvalue weighted by Gasteiger charge is -2.18. The van der Waals surface area contributed by atoms with Crippen molar-refractivity contribution in [1.29, 1.82) is 0 Å². The van der Waals surface area contributed by atoms with E-state index in [-0.39, 0.29) is 10.8 Å². The minimum Gasteiger partial charge on any atom is -0.493 e. The summed E-state index contributed by atoms with van der Waals surface area (Å²) in [6.45, 7) is 4.98. The first kappa shape index (κ1) is 24.8. The zero-order valence-corrected chi connectivity index (χ0v) is 20.4. The zero-order valence-electron chi connectivity index (χ0n) is 18.7. The first-order chi connectivity index (χ1) is 15.9. The van der Waals surface area contributed by atoms with E-state index in [0.29, 0.717) is 36.7 Å². The molecule has 1 N–H and O–H groups in total. The Bertz CT molecular complexity index is 1130. The summed E-state index contributed by atoms with van der Waals surface area (Å²) >= 11 is 1.73. The molecule has 3 aromatic rings. The monoisotopic (exact) mass is 484 g/mol. The highest BCUT2D eigenvalue weighted by atomic mass is 32.2. The smallest absolute Gasteiger partial charge is 0.255 e. The van der Waals surface area contributed by atoms with Crippen LogP contribution in [0.1, 0.15) is 24.2 Å². The zero-order chi connectivity index (χ0) is 23.7. The van der Waals surface area contributed by atoms with Crippen molar-refractivity contribution in [3.63, 3.8) is 0 Å². The van der Waals surface area contributed by atoms with Gasteiger partial charge in [0.15, 0.2) is 0 Å². The molecule has 0 fully saturated rings. The molecule has 3 aromatic carbocycles. The van der Waals surface area contributed by atoms with E-state index in [2.05, 4.69) is 17.4 Å². The van der Waals surface area contributed by atoms with Crippen molar-refractivity contribution >= 4 is 33.4 Å². The van der Waals surface area contributed by atoms with E-state index in [1.807, 2.05) is 18.2 Å². The molecule has 6 nitrogen and oxygen atoms in total. The van der Waals surface area contributed by atoms with Gasteiger partial charge < -0.3 is 10.1 Å². The minimum absolute atomic E-state index is 0.205. The van der Waals surface area contributed by atoms with Crippen molar-refractivity contribution in [3.8, 4) is 5.75 Å². The molecule has 1 amide bonds. The highest BCUT2D eigenvalue weighted by molar-refractivity contribution is 7.99. The molecule has 0 spiro atoms. The average molecular weight is 485 g/mol. The molecule has 0 unspecified atom stereocenters. The topological polar surface area (TPSA) is 75.7 Å². The Balaban J connectivity index is 1.52. The Morgan fingerprint density at radius 3 is 2.15 bits per heavy atom. The van der Waals surface area contributed by atoms with Crippen molar-refractivity contribution in [3.05, 3.63) is 84.4 Å². The fourth-order valence-corrected chi connectivity index (χ4v) is 5.37. The van der Waals surface area contributed by atoms with Gasteiger partial charge in [-0.05, 0) is 60.7 Å². The largest absolute Gasteiger partial charge is 0.493 e. The van der Waals surface area contributed by atoms with Gasteiger partial charge in [0.2, 0.25) is 10.0 Å². The number of rotatable bonds is 11. The number of nitrogens with zero attached hydrogens (tertiary/aromatic N) is 1. The van der Waals surface area contributed by atoms with Crippen LogP contribution in [0.2, 0.25) is 0 Å². The fourth-order valence-electron chi connectivity index (χ4n) is 3.16. The molecular formula is C25H28N2O4S2. The standard InChI is InChI=1S/C25H28N2O4S2/c1-3-27(4-2)33(29,30)24-16-12-21(13-17-24)26-25(28)20-10-14-22(15-11-20)31-18-19-32-23-8-6-5-7-9-23/h5-17H,3-4,18-19H2,1-2H3,(H,26,28). The maximum atomic E-state index is 12.6. The maximum Gasteiger partial charge on any atom is 0.255 e. The number of benzene rings is 3. The lowest BCUT2D eigenvalue weighted by Crippen LogP contribution is -2.30. The molecule has 3 rings (SSSR count). The van der Waals surface area contributed by atoms with Crippen LogP contribution in [0.25, 0.3) is 0 Å². The van der Waals surface area contributed by atoms with Crippen molar-refractivity contribution in [2.45, 2.75) is 23.6 Å². The third-order valence-electron chi connectivity index (χ3n) is 4.94. The van der Waals surface area contributed by atoms with Crippen LogP contribution < -0.4 is 10.1 Å². The van der Waals surface area contributed by atoms with Crippen molar-refractivity contribution in [2.75, 3.05) is 30.8 Å². The van der Waals surface area contributed by atoms with Crippen LogP contribution >= 0.6 is 11.8 Å². The molecule has 0 atom stereocenters. The average Bonchev–Trinajstić information content (AvgIpc) is 2.84. The summed E-state index contributed by atoms with van der Waals surface area (Å²) < 4.78 is 32.3. The summed E-state index contributed by atoms with van der Waals surface area (Å²) in [5.41, 5.74) is 1.01. The van der Waals surface area contributed by atoms with Crippen LogP contribution in [-0.2, 0) is 10.0 Å². The molecule has 0 bridgehead atoms. The Morgan fingerprint density at radius 2 is 1.55 bits per heavy atom. The quantitative estimate of drug-likeness (QED) is 0.301. The third kappa shape index (κ3) is 6.83. The molecule has 0 aromatic heterocycles. The SMILES string of the molecule is CCN(CC)S(=O)(=O)c1ccc(NC(=O)c2ccc(OCCSc3ccccc3)cc2)cc1. The van der Waals surface area contributed by atoms with Crippen molar-refractivity contribution < 1.29 is 17.9 Å². The second kappa shape index (κ2) is 11.9. The summed E-state index contributed by atoms with van der Waals surface area (Å²) in [7, 11) is -3.52. The normalized spacial score (nSPS) is 11.4. The summed E-state index contributed by atoms with van der Waals surface area (Å²) in [6.07, 6.45) is 0. The molecule has 0 aliphatic carbocycles. The second-order valence-electron chi connectivity index (χ2n) is 7.10. The van der Waals surface area contributed by atoms with E-state index in [9.17, 15) is 13.2 Å². The molecule has 0 saturated heterocycles. The number of amides is 1. The number of carbonyl (C=O) groups excluding carboxylic acids is 1. The van der Waals surface area contributed by atoms with E-state index < -0.39 is 10.0 Å². The first-order valence-corrected chi connectivity index (χ1v) is 13.2. The second-order valence-corrected chi connectivity index (χ2v) is 10.2. The van der Waals surface area contributed by atoms with E-state index >= 15 is 0 Å². The van der Waals surface area contributed by atoms with Crippen molar-refractivity contribution in [2.24, 2.45) is 0 Å². The third-order valence-corrected chi connectivity index (χ3v) is 7.98. The van der Waals surface area contributed by atoms with Crippen LogP contribution in [0, 0.1) is 0 Å². The Kier molecular flexibility index (Phi) is 8.94. The number of sulfonamides is 1. The van der Waals surface area contributed by atoms with Gasteiger partial charge in [0.25, 0.3) is 5.91 Å². The molecule has 0 aliphatic rings. The van der Waals surface area contributed by atoms with Gasteiger partial charge in [0.1, 0.15) is 5.75 Å². The van der Waals surface area contributed by atoms with Crippen LogP contribution in [-0.4, -0.2) is 44.1 Å². The van der Waals surface area contributed by atoms with E-state index in [4.69, 9.17) is 4.74 Å². The molecule has 174 valence electrons. The van der Waals surface area contributed by atoms with E-state index in [0.717, 1.165) is 5.75 Å². The summed E-state index contributed by atoms with van der Waals surface area (Å²) in [5.74, 6) is 1.25. The van der Waals surface area contributed by atoms with Gasteiger partial charge in [-0.3, -0.25) is 4.79 Å². The van der Waals surface area contributed by atoms with Gasteiger partial charge in [-0.2, -0.15) is 4.31 Å². The van der Waals surface area contributed by atoms with Gasteiger partial charge >= 0.3 is 0 Å². The van der Waals surface area contributed by atoms with Crippen LogP contribution in [0.4, 0.5) is 5.69 Å². The summed E-state index contributed by atoms with van der Waals surface area (Å²) in [4.78, 5) is 13.9. The summed E-state index contributed by atoms with van der Waals surface area (Å²) in [6, 6.07) is 23.3. The van der Waals surface area contributed by atoms with Crippen LogP contribution in [0.15, 0.2) is 88.7 Å². The molecular weight excluding hydrogens is 456 g/mol. The van der Waals surface area contributed by atoms with Gasteiger partial charge in [-0.15, -0.1) is 11.8 Å². The number of carbonyl (C=O) groups is 1. The first-order valence-electron chi connectivity index (χ1n) is 10.8. The fraction of sp³-hybridized carbons (Fsp3) is 0.240. The molecule has 33 heavy (non-hydrogen) atoms. The maximum absolute atomic E-state index is 12.6. The number of thioether (sulfide) groups is 1. The minimum atomic E-state index is -3.52. The number of anilines is 1. The van der Waals surface area contributed by atoms with Gasteiger partial charge in [0.05, 0.1) is 11.5 Å². The lowest BCUT2D eigenvalue weighted by molar-refractivity contribution is 0.102. The highest BCUT2D eigenvalue weighted by Crippen LogP contribution is 2.20. The highest BCUT2D eigenvalue weighted by Gasteiger charge is 2.21. The molecule has 0 radical (unpaired) electrons. The van der Waals surface area contributed by atoms with Gasteiger partial charge in [-0.1, -0.05) is 32.0 Å². The Labute approximate surface area is 200 Å². The molecule has 0 saturated carbocycles. The predicted molar refractivity (Wildman–Crippen MR) is 134 cm³/mol. The van der Waals surface area contributed by atoms with E-state index in [1.165, 1.54) is 21.3 Å². The molecule has 8 heteroatoms. The number of hydrogen-bond donors (Lipinski definition) is 1. The van der Waals surface area contributed by atoms with Crippen molar-refractivity contribution in [1.82, 2.24) is 4.31 Å². The predicted octanol–water partition coefficient (Wildman–Crippen LogP) is 5.14. The number of ether oxygens (including phenoxy) is 1. The Morgan fingerprint density at radius 1 is 0.909 bits per heavy atom. The van der Waals surface area contributed by atoms with Crippen LogP contribution in [0.5, 0.6) is 5.75 Å². The van der Waals surface area contributed by atoms with E-state index in [1.54, 1.807) is 62.0 Å². The van der Waals surface area contributed by atoms with Crippen LogP contribution in [0.3, 0.4) is 0 Å². The number of nitrogens with one attached hydrogen (secondary N) is 1. The lowest BCUT2D eigenvalue weighted by atomic mass is 10.2. The van der Waals surface area contributed by atoms with Gasteiger partial charge in [0, 0.05) is 35.0 Å². The van der Waals surface area contributed by atoms with Gasteiger partial charge in [-0.25, -0.2) is 8.42 Å².